The first kappa shape index (κ1) is 19.0. The first-order valence-electron chi connectivity index (χ1n) is 8.72. The maximum Gasteiger partial charge on any atom is 0.338 e. The highest BCUT2D eigenvalue weighted by Gasteiger charge is 2.22. The van der Waals surface area contributed by atoms with Crippen molar-refractivity contribution >= 4 is 33.4 Å². The summed E-state index contributed by atoms with van der Waals surface area (Å²) < 4.78 is 6.31. The standard InChI is InChI=1S/C21H22N2O3S/c1-13-9-10-16(14(2)11-13)21(25)26-12-19(24)23(4)15(3)20-22-17-7-5-6-8-18(17)27-20/h5-11,15H,12H2,1-4H3/t15-/m1/s1. The number of ether oxygens (including phenoxy) is 1. The molecule has 3 aromatic rings. The highest BCUT2D eigenvalue weighted by molar-refractivity contribution is 7.18. The van der Waals surface area contributed by atoms with E-state index in [0.717, 1.165) is 26.4 Å². The van der Waals surface area contributed by atoms with E-state index in [-0.39, 0.29) is 18.6 Å². The van der Waals surface area contributed by atoms with Gasteiger partial charge in [0.25, 0.3) is 5.91 Å². The predicted octanol–water partition coefficient (Wildman–Crippen LogP) is 4.29. The second-order valence-corrected chi connectivity index (χ2v) is 7.66. The van der Waals surface area contributed by atoms with Gasteiger partial charge in [-0.05, 0) is 44.5 Å². The van der Waals surface area contributed by atoms with Crippen LogP contribution in [0.3, 0.4) is 0 Å². The quantitative estimate of drug-likeness (QED) is 0.618. The molecule has 5 nitrogen and oxygen atoms in total. The lowest BCUT2D eigenvalue weighted by atomic mass is 10.1. The fraction of sp³-hybridized carbons (Fsp3) is 0.286. The molecule has 0 bridgehead atoms. The summed E-state index contributed by atoms with van der Waals surface area (Å²) in [6.45, 7) is 5.44. The minimum atomic E-state index is -0.484. The van der Waals surface area contributed by atoms with Crippen molar-refractivity contribution < 1.29 is 14.3 Å². The van der Waals surface area contributed by atoms with Gasteiger partial charge in [-0.3, -0.25) is 4.79 Å². The first-order chi connectivity index (χ1) is 12.9. The topological polar surface area (TPSA) is 59.5 Å². The summed E-state index contributed by atoms with van der Waals surface area (Å²) in [5.74, 6) is -0.748. The zero-order valence-corrected chi connectivity index (χ0v) is 16.7. The molecule has 6 heteroatoms. The number of thiazole rings is 1. The van der Waals surface area contributed by atoms with Crippen LogP contribution in [0.15, 0.2) is 42.5 Å². The lowest BCUT2D eigenvalue weighted by molar-refractivity contribution is -0.135. The van der Waals surface area contributed by atoms with Crippen molar-refractivity contribution in [2.75, 3.05) is 13.7 Å². The van der Waals surface area contributed by atoms with E-state index in [9.17, 15) is 9.59 Å². The van der Waals surface area contributed by atoms with Crippen molar-refractivity contribution in [3.05, 3.63) is 64.2 Å². The molecule has 3 rings (SSSR count). The first-order valence-corrected chi connectivity index (χ1v) is 9.54. The van der Waals surface area contributed by atoms with E-state index in [0.29, 0.717) is 5.56 Å². The van der Waals surface area contributed by atoms with Gasteiger partial charge < -0.3 is 9.64 Å². The minimum Gasteiger partial charge on any atom is -0.452 e. The zero-order chi connectivity index (χ0) is 19.6. The molecule has 2 aromatic carbocycles. The van der Waals surface area contributed by atoms with Gasteiger partial charge in [0, 0.05) is 7.05 Å². The number of para-hydroxylation sites is 1. The number of esters is 1. The van der Waals surface area contributed by atoms with Crippen LogP contribution in [0.5, 0.6) is 0 Å². The maximum absolute atomic E-state index is 12.5. The Bertz CT molecular complexity index is 963. The highest BCUT2D eigenvalue weighted by atomic mass is 32.1. The number of nitrogens with zero attached hydrogens (tertiary/aromatic N) is 2. The summed E-state index contributed by atoms with van der Waals surface area (Å²) in [5.41, 5.74) is 3.31. The summed E-state index contributed by atoms with van der Waals surface area (Å²) in [6.07, 6.45) is 0. The van der Waals surface area contributed by atoms with Gasteiger partial charge in [-0.25, -0.2) is 9.78 Å². The number of benzene rings is 2. The molecule has 0 aliphatic carbocycles. The van der Waals surface area contributed by atoms with Crippen molar-refractivity contribution in [1.29, 1.82) is 0 Å². The molecule has 27 heavy (non-hydrogen) atoms. The van der Waals surface area contributed by atoms with Gasteiger partial charge in [0.05, 0.1) is 21.8 Å². The van der Waals surface area contributed by atoms with E-state index in [1.165, 1.54) is 0 Å². The van der Waals surface area contributed by atoms with Gasteiger partial charge >= 0.3 is 5.97 Å². The average molecular weight is 382 g/mol. The summed E-state index contributed by atoms with van der Waals surface area (Å²) >= 11 is 1.56. The van der Waals surface area contributed by atoms with Crippen LogP contribution < -0.4 is 0 Å². The summed E-state index contributed by atoms with van der Waals surface area (Å²) in [4.78, 5) is 30.9. The Morgan fingerprint density at radius 2 is 1.93 bits per heavy atom. The second kappa shape index (κ2) is 7.88. The van der Waals surface area contributed by atoms with Crippen LogP contribution in [0, 0.1) is 13.8 Å². The van der Waals surface area contributed by atoms with Gasteiger partial charge in [-0.15, -0.1) is 11.3 Å². The number of amides is 1. The molecule has 0 saturated heterocycles. The Kier molecular flexibility index (Phi) is 5.56. The molecule has 1 heterocycles. The molecule has 1 amide bonds. The lowest BCUT2D eigenvalue weighted by Crippen LogP contribution is -2.33. The average Bonchev–Trinajstić information content (AvgIpc) is 3.08. The molecule has 0 aliphatic rings. The van der Waals surface area contributed by atoms with Crippen LogP contribution in [-0.2, 0) is 9.53 Å². The number of aromatic nitrogens is 1. The number of carbonyl (C=O) groups excluding carboxylic acids is 2. The fourth-order valence-electron chi connectivity index (χ4n) is 2.80. The monoisotopic (exact) mass is 382 g/mol. The SMILES string of the molecule is Cc1ccc(C(=O)OCC(=O)N(C)[C@H](C)c2nc3ccccc3s2)c(C)c1. The van der Waals surface area contributed by atoms with Crippen molar-refractivity contribution in [3.63, 3.8) is 0 Å². The number of rotatable bonds is 5. The maximum atomic E-state index is 12.5. The molecule has 0 saturated carbocycles. The Balaban J connectivity index is 1.63. The highest BCUT2D eigenvalue weighted by Crippen LogP contribution is 2.28. The predicted molar refractivity (Wildman–Crippen MR) is 107 cm³/mol. The van der Waals surface area contributed by atoms with E-state index in [4.69, 9.17) is 4.74 Å². The Morgan fingerprint density at radius 3 is 2.63 bits per heavy atom. The van der Waals surface area contributed by atoms with E-state index >= 15 is 0 Å². The van der Waals surface area contributed by atoms with E-state index < -0.39 is 5.97 Å². The number of hydrogen-bond donors (Lipinski definition) is 0. The van der Waals surface area contributed by atoms with Crippen molar-refractivity contribution in [1.82, 2.24) is 9.88 Å². The van der Waals surface area contributed by atoms with Gasteiger partial charge in [0.2, 0.25) is 0 Å². The molecule has 1 atom stereocenters. The molecule has 0 spiro atoms. The summed E-state index contributed by atoms with van der Waals surface area (Å²) in [7, 11) is 1.70. The van der Waals surface area contributed by atoms with Gasteiger partial charge in [0.15, 0.2) is 6.61 Å². The van der Waals surface area contributed by atoms with E-state index in [1.54, 1.807) is 29.4 Å². The number of hydrogen-bond acceptors (Lipinski definition) is 5. The third-order valence-corrected chi connectivity index (χ3v) is 5.78. The summed E-state index contributed by atoms with van der Waals surface area (Å²) in [5, 5.41) is 0.854. The van der Waals surface area contributed by atoms with Crippen molar-refractivity contribution in [3.8, 4) is 0 Å². The molecule has 140 valence electrons. The molecule has 0 unspecified atom stereocenters. The third-order valence-electron chi connectivity index (χ3n) is 4.57. The van der Waals surface area contributed by atoms with E-state index in [2.05, 4.69) is 4.98 Å². The summed E-state index contributed by atoms with van der Waals surface area (Å²) in [6, 6.07) is 13.2. The van der Waals surface area contributed by atoms with Crippen LogP contribution in [0.2, 0.25) is 0 Å². The van der Waals surface area contributed by atoms with Crippen LogP contribution in [0.1, 0.15) is 39.5 Å². The Morgan fingerprint density at radius 1 is 1.19 bits per heavy atom. The molecule has 0 N–H and O–H groups in total. The number of fused-ring (bicyclic) bond motifs is 1. The second-order valence-electron chi connectivity index (χ2n) is 6.59. The molecular weight excluding hydrogens is 360 g/mol. The Hall–Kier alpha value is -2.73. The van der Waals surface area contributed by atoms with Crippen molar-refractivity contribution in [2.24, 2.45) is 0 Å². The molecule has 0 fully saturated rings. The largest absolute Gasteiger partial charge is 0.452 e. The number of likely N-dealkylation sites (N-methyl/N-ethyl adjacent to an activating group) is 1. The normalized spacial score (nSPS) is 12.0. The van der Waals surface area contributed by atoms with Gasteiger partial charge in [0.1, 0.15) is 5.01 Å². The van der Waals surface area contributed by atoms with Crippen molar-refractivity contribution in [2.45, 2.75) is 26.8 Å². The number of aryl methyl sites for hydroxylation is 2. The Labute approximate surface area is 162 Å². The van der Waals surface area contributed by atoms with Crippen LogP contribution in [0.25, 0.3) is 10.2 Å². The van der Waals surface area contributed by atoms with E-state index in [1.807, 2.05) is 57.2 Å². The van der Waals surface area contributed by atoms with Gasteiger partial charge in [-0.2, -0.15) is 0 Å². The number of carbonyl (C=O) groups is 2. The lowest BCUT2D eigenvalue weighted by Gasteiger charge is -2.23. The minimum absolute atomic E-state index is 0.199. The van der Waals surface area contributed by atoms with Gasteiger partial charge in [-0.1, -0.05) is 29.8 Å². The van der Waals surface area contributed by atoms with Crippen LogP contribution in [-0.4, -0.2) is 35.4 Å². The van der Waals surface area contributed by atoms with Crippen LogP contribution >= 0.6 is 11.3 Å². The molecule has 0 aliphatic heterocycles. The molecule has 1 aromatic heterocycles. The molecular formula is C21H22N2O3S. The fourth-order valence-corrected chi connectivity index (χ4v) is 3.86. The molecule has 0 radical (unpaired) electrons. The zero-order valence-electron chi connectivity index (χ0n) is 15.9. The smallest absolute Gasteiger partial charge is 0.338 e. The van der Waals surface area contributed by atoms with Crippen LogP contribution in [0.4, 0.5) is 0 Å². The third kappa shape index (κ3) is 4.17.